The molecule has 1 aromatic carbocycles. The van der Waals surface area contributed by atoms with Crippen molar-refractivity contribution in [2.45, 2.75) is 32.2 Å². The molecule has 0 saturated heterocycles. The highest BCUT2D eigenvalue weighted by molar-refractivity contribution is 5.24. The van der Waals surface area contributed by atoms with E-state index in [0.717, 1.165) is 12.1 Å². The minimum Gasteiger partial charge on any atom is -0.384 e. The van der Waals surface area contributed by atoms with Crippen LogP contribution >= 0.6 is 0 Å². The summed E-state index contributed by atoms with van der Waals surface area (Å²) >= 11 is 0. The molecule has 1 N–H and O–H groups in total. The third kappa shape index (κ3) is 3.36. The topological polar surface area (TPSA) is 50.9 Å². The van der Waals surface area contributed by atoms with Crippen LogP contribution in [0.5, 0.6) is 0 Å². The molecule has 0 saturated carbocycles. The Labute approximate surface area is 113 Å². The molecule has 4 nitrogen and oxygen atoms in total. The minimum atomic E-state index is -4.33. The Hall–Kier alpha value is -1.89. The van der Waals surface area contributed by atoms with E-state index in [-0.39, 0.29) is 0 Å². The van der Waals surface area contributed by atoms with Gasteiger partial charge in [0, 0.05) is 0 Å². The summed E-state index contributed by atoms with van der Waals surface area (Å²) in [6.07, 6.45) is -2.77. The monoisotopic (exact) mass is 285 g/mol. The predicted octanol–water partition coefficient (Wildman–Crippen LogP) is 2.57. The van der Waals surface area contributed by atoms with Gasteiger partial charge in [-0.05, 0) is 31.5 Å². The first-order valence-electron chi connectivity index (χ1n) is 5.95. The molecule has 2 rings (SSSR count). The van der Waals surface area contributed by atoms with Crippen molar-refractivity contribution in [3.63, 3.8) is 0 Å². The summed E-state index contributed by atoms with van der Waals surface area (Å²) in [7, 11) is 0. The molecule has 0 radical (unpaired) electrons. The fourth-order valence-electron chi connectivity index (χ4n) is 1.64. The van der Waals surface area contributed by atoms with Gasteiger partial charge in [0.05, 0.1) is 18.3 Å². The van der Waals surface area contributed by atoms with Crippen molar-refractivity contribution >= 4 is 0 Å². The van der Waals surface area contributed by atoms with Gasteiger partial charge in [0.1, 0.15) is 11.3 Å². The molecule has 20 heavy (non-hydrogen) atoms. The van der Waals surface area contributed by atoms with Crippen molar-refractivity contribution in [1.29, 1.82) is 0 Å². The molecule has 0 unspecified atom stereocenters. The van der Waals surface area contributed by atoms with Crippen LogP contribution < -0.4 is 0 Å². The van der Waals surface area contributed by atoms with Crippen molar-refractivity contribution in [3.05, 3.63) is 47.3 Å². The fourth-order valence-corrected chi connectivity index (χ4v) is 1.64. The van der Waals surface area contributed by atoms with Gasteiger partial charge >= 0.3 is 6.18 Å². The molecule has 0 spiro atoms. The van der Waals surface area contributed by atoms with Gasteiger partial charge in [0.25, 0.3) is 0 Å². The van der Waals surface area contributed by atoms with Gasteiger partial charge in [0.2, 0.25) is 0 Å². The maximum absolute atomic E-state index is 12.4. The Morgan fingerprint density at radius 3 is 2.20 bits per heavy atom. The lowest BCUT2D eigenvalue weighted by Crippen LogP contribution is -2.15. The number of nitrogens with zero attached hydrogens (tertiary/aromatic N) is 3. The van der Waals surface area contributed by atoms with Crippen LogP contribution in [0.15, 0.2) is 30.5 Å². The SMILES string of the molecule is CC(C)(O)c1cn(Cc2ccc(C(F)(F)F)cc2)nn1. The smallest absolute Gasteiger partial charge is 0.384 e. The molecule has 2 aromatic rings. The van der Waals surface area contributed by atoms with Crippen LogP contribution in [0.1, 0.15) is 30.7 Å². The Morgan fingerprint density at radius 1 is 1.15 bits per heavy atom. The van der Waals surface area contributed by atoms with Crippen molar-refractivity contribution in [3.8, 4) is 0 Å². The van der Waals surface area contributed by atoms with Crippen LogP contribution in [-0.4, -0.2) is 20.1 Å². The first kappa shape index (κ1) is 14.5. The van der Waals surface area contributed by atoms with Crippen molar-refractivity contribution in [2.24, 2.45) is 0 Å². The number of benzene rings is 1. The first-order valence-corrected chi connectivity index (χ1v) is 5.95. The highest BCUT2D eigenvalue weighted by Crippen LogP contribution is 2.29. The summed E-state index contributed by atoms with van der Waals surface area (Å²) in [5, 5.41) is 17.4. The number of hydrogen-bond donors (Lipinski definition) is 1. The molecule has 0 bridgehead atoms. The standard InChI is InChI=1S/C13H14F3N3O/c1-12(2,20)11-8-19(18-17-11)7-9-3-5-10(6-4-9)13(14,15)16/h3-6,8,20H,7H2,1-2H3. The third-order valence-electron chi connectivity index (χ3n) is 2.79. The summed E-state index contributed by atoms with van der Waals surface area (Å²) in [6.45, 7) is 3.46. The molecule has 0 amide bonds. The minimum absolute atomic E-state index is 0.293. The highest BCUT2D eigenvalue weighted by Gasteiger charge is 2.29. The van der Waals surface area contributed by atoms with Crippen LogP contribution in [0.2, 0.25) is 0 Å². The lowest BCUT2D eigenvalue weighted by atomic mass is 10.1. The number of rotatable bonds is 3. The normalized spacial score (nSPS) is 12.7. The van der Waals surface area contributed by atoms with Gasteiger partial charge in [-0.2, -0.15) is 13.2 Å². The van der Waals surface area contributed by atoms with E-state index in [1.807, 2.05) is 0 Å². The molecule has 0 aliphatic rings. The number of halogens is 3. The van der Waals surface area contributed by atoms with Crippen LogP contribution in [0.25, 0.3) is 0 Å². The number of hydrogen-bond acceptors (Lipinski definition) is 3. The van der Waals surface area contributed by atoms with Crippen LogP contribution in [0.3, 0.4) is 0 Å². The molecule has 0 aliphatic carbocycles. The molecule has 1 aromatic heterocycles. The first-order chi connectivity index (χ1) is 9.16. The van der Waals surface area contributed by atoms with E-state index < -0.39 is 17.3 Å². The Kier molecular flexibility index (Phi) is 3.56. The molecule has 0 atom stereocenters. The maximum Gasteiger partial charge on any atom is 0.416 e. The Balaban J connectivity index is 2.13. The molecular weight excluding hydrogens is 271 g/mol. The molecule has 7 heteroatoms. The molecule has 0 fully saturated rings. The summed E-state index contributed by atoms with van der Waals surface area (Å²) in [5.74, 6) is 0. The van der Waals surface area contributed by atoms with E-state index in [0.29, 0.717) is 17.8 Å². The molecule has 1 heterocycles. The summed E-state index contributed by atoms with van der Waals surface area (Å²) in [4.78, 5) is 0. The average Bonchev–Trinajstić information content (AvgIpc) is 2.77. The second-order valence-corrected chi connectivity index (χ2v) is 5.06. The zero-order valence-electron chi connectivity index (χ0n) is 11.0. The number of aromatic nitrogens is 3. The van der Waals surface area contributed by atoms with Crippen molar-refractivity contribution < 1.29 is 18.3 Å². The predicted molar refractivity (Wildman–Crippen MR) is 65.8 cm³/mol. The lowest BCUT2D eigenvalue weighted by molar-refractivity contribution is -0.137. The van der Waals surface area contributed by atoms with E-state index in [1.165, 1.54) is 16.8 Å². The zero-order chi connectivity index (χ0) is 15.0. The molecular formula is C13H14F3N3O. The summed E-state index contributed by atoms with van der Waals surface area (Å²) in [6, 6.07) is 4.86. The van der Waals surface area contributed by atoms with E-state index in [9.17, 15) is 18.3 Å². The molecule has 0 aliphatic heterocycles. The van der Waals surface area contributed by atoms with E-state index >= 15 is 0 Å². The van der Waals surface area contributed by atoms with Crippen LogP contribution in [0, 0.1) is 0 Å². The highest BCUT2D eigenvalue weighted by atomic mass is 19.4. The van der Waals surface area contributed by atoms with Gasteiger partial charge in [-0.1, -0.05) is 17.3 Å². The summed E-state index contributed by atoms with van der Waals surface area (Å²) in [5.41, 5.74) is -0.704. The lowest BCUT2D eigenvalue weighted by Gasteiger charge is -2.11. The van der Waals surface area contributed by atoms with Crippen molar-refractivity contribution in [2.75, 3.05) is 0 Å². The van der Waals surface area contributed by atoms with Crippen LogP contribution in [-0.2, 0) is 18.3 Å². The Bertz CT molecular complexity index is 582. The number of alkyl halides is 3. The largest absolute Gasteiger partial charge is 0.416 e. The summed E-state index contributed by atoms with van der Waals surface area (Å²) < 4.78 is 38.7. The quantitative estimate of drug-likeness (QED) is 0.943. The van der Waals surface area contributed by atoms with Gasteiger partial charge in [-0.25, -0.2) is 4.68 Å². The maximum atomic E-state index is 12.4. The van der Waals surface area contributed by atoms with Gasteiger partial charge in [0.15, 0.2) is 0 Å². The van der Waals surface area contributed by atoms with E-state index in [1.54, 1.807) is 20.0 Å². The average molecular weight is 285 g/mol. The third-order valence-corrected chi connectivity index (χ3v) is 2.79. The molecule has 108 valence electrons. The number of aliphatic hydroxyl groups is 1. The van der Waals surface area contributed by atoms with Gasteiger partial charge < -0.3 is 5.11 Å². The van der Waals surface area contributed by atoms with Crippen molar-refractivity contribution in [1.82, 2.24) is 15.0 Å². The second-order valence-electron chi connectivity index (χ2n) is 5.06. The zero-order valence-corrected chi connectivity index (χ0v) is 11.0. The van der Waals surface area contributed by atoms with Crippen LogP contribution in [0.4, 0.5) is 13.2 Å². The Morgan fingerprint density at radius 2 is 1.75 bits per heavy atom. The van der Waals surface area contributed by atoms with E-state index in [4.69, 9.17) is 0 Å². The van der Waals surface area contributed by atoms with Gasteiger partial charge in [-0.3, -0.25) is 0 Å². The second kappa shape index (κ2) is 4.90. The van der Waals surface area contributed by atoms with E-state index in [2.05, 4.69) is 10.3 Å². The van der Waals surface area contributed by atoms with Gasteiger partial charge in [-0.15, -0.1) is 5.10 Å². The fraction of sp³-hybridized carbons (Fsp3) is 0.385.